The number of likely N-dealkylation sites (N-methyl/N-ethyl adjacent to an activating group) is 1. The molecule has 1 aliphatic rings. The Morgan fingerprint density at radius 2 is 2.42 bits per heavy atom. The summed E-state index contributed by atoms with van der Waals surface area (Å²) in [6, 6.07) is 0.521. The van der Waals surface area contributed by atoms with E-state index in [-0.39, 0.29) is 5.91 Å². The molecular weight excluding hydrogens is 152 g/mol. The molecule has 2 atom stereocenters. The van der Waals surface area contributed by atoms with Gasteiger partial charge in [-0.1, -0.05) is 20.3 Å². The van der Waals surface area contributed by atoms with Gasteiger partial charge in [-0.3, -0.25) is 9.69 Å². The number of hydrogen-bond donors (Lipinski definition) is 1. The van der Waals surface area contributed by atoms with Crippen LogP contribution in [0.25, 0.3) is 0 Å². The number of piperazine rings is 1. The fraction of sp³-hybridized carbons (Fsp3) is 0.889. The van der Waals surface area contributed by atoms with Crippen molar-refractivity contribution in [2.45, 2.75) is 26.3 Å². The van der Waals surface area contributed by atoms with Crippen LogP contribution in [0.1, 0.15) is 20.3 Å². The van der Waals surface area contributed by atoms with E-state index in [0.717, 1.165) is 6.54 Å². The van der Waals surface area contributed by atoms with Crippen LogP contribution in [0.4, 0.5) is 0 Å². The van der Waals surface area contributed by atoms with Gasteiger partial charge in [0.1, 0.15) is 0 Å². The molecule has 1 fully saturated rings. The Labute approximate surface area is 74.1 Å². The molecule has 0 aromatic carbocycles. The van der Waals surface area contributed by atoms with Crippen LogP contribution in [0.15, 0.2) is 0 Å². The summed E-state index contributed by atoms with van der Waals surface area (Å²) in [4.78, 5) is 13.1. The molecule has 1 N–H and O–H groups in total. The Kier molecular flexibility index (Phi) is 3.09. The van der Waals surface area contributed by atoms with E-state index >= 15 is 0 Å². The summed E-state index contributed by atoms with van der Waals surface area (Å²) in [5, 5.41) is 2.90. The highest BCUT2D eigenvalue weighted by molar-refractivity contribution is 5.78. The standard InChI is InChI=1S/C9H18N2O/c1-4-7(2)8-5-10-9(12)6-11(8)3/h7-8H,4-6H2,1-3H3,(H,10,12). The van der Waals surface area contributed by atoms with E-state index in [4.69, 9.17) is 0 Å². The van der Waals surface area contributed by atoms with Gasteiger partial charge in [-0.25, -0.2) is 0 Å². The minimum Gasteiger partial charge on any atom is -0.353 e. The lowest BCUT2D eigenvalue weighted by Gasteiger charge is -2.36. The molecule has 3 nitrogen and oxygen atoms in total. The fourth-order valence-electron chi connectivity index (χ4n) is 1.68. The second-order valence-corrected chi connectivity index (χ2v) is 3.67. The zero-order valence-corrected chi connectivity index (χ0v) is 8.13. The van der Waals surface area contributed by atoms with Gasteiger partial charge in [0.25, 0.3) is 0 Å². The van der Waals surface area contributed by atoms with Crippen molar-refractivity contribution in [2.75, 3.05) is 20.1 Å². The van der Waals surface area contributed by atoms with Gasteiger partial charge in [-0.15, -0.1) is 0 Å². The lowest BCUT2D eigenvalue weighted by atomic mass is 9.96. The van der Waals surface area contributed by atoms with E-state index in [1.807, 2.05) is 7.05 Å². The van der Waals surface area contributed by atoms with Crippen molar-refractivity contribution < 1.29 is 4.79 Å². The summed E-state index contributed by atoms with van der Waals surface area (Å²) >= 11 is 0. The Morgan fingerprint density at radius 1 is 1.75 bits per heavy atom. The first-order valence-electron chi connectivity index (χ1n) is 4.62. The minimum absolute atomic E-state index is 0.150. The summed E-state index contributed by atoms with van der Waals surface area (Å²) in [5.74, 6) is 0.813. The first-order chi connectivity index (χ1) is 5.65. The van der Waals surface area contributed by atoms with Crippen molar-refractivity contribution >= 4 is 5.91 Å². The van der Waals surface area contributed by atoms with Gasteiger partial charge in [0.2, 0.25) is 5.91 Å². The van der Waals surface area contributed by atoms with Gasteiger partial charge in [0.05, 0.1) is 6.54 Å². The Morgan fingerprint density at radius 3 is 2.92 bits per heavy atom. The van der Waals surface area contributed by atoms with Crippen molar-refractivity contribution in [3.05, 3.63) is 0 Å². The van der Waals surface area contributed by atoms with Crippen molar-refractivity contribution in [1.29, 1.82) is 0 Å². The van der Waals surface area contributed by atoms with Gasteiger partial charge in [-0.05, 0) is 13.0 Å². The largest absolute Gasteiger partial charge is 0.353 e. The molecule has 1 aliphatic heterocycles. The summed E-state index contributed by atoms with van der Waals surface area (Å²) in [5.41, 5.74) is 0. The number of amides is 1. The molecule has 3 heteroatoms. The number of hydrogen-bond acceptors (Lipinski definition) is 2. The highest BCUT2D eigenvalue weighted by Crippen LogP contribution is 2.14. The smallest absolute Gasteiger partial charge is 0.234 e. The molecule has 1 saturated heterocycles. The molecule has 12 heavy (non-hydrogen) atoms. The maximum absolute atomic E-state index is 11.0. The SMILES string of the molecule is CCC(C)C1CNC(=O)CN1C. The zero-order valence-electron chi connectivity index (χ0n) is 8.13. The third-order valence-electron chi connectivity index (χ3n) is 2.77. The van der Waals surface area contributed by atoms with E-state index in [9.17, 15) is 4.79 Å². The first kappa shape index (κ1) is 9.52. The monoisotopic (exact) mass is 170 g/mol. The Balaban J connectivity index is 2.50. The lowest BCUT2D eigenvalue weighted by Crippen LogP contribution is -2.54. The highest BCUT2D eigenvalue weighted by atomic mass is 16.2. The summed E-state index contributed by atoms with van der Waals surface area (Å²) in [6.45, 7) is 5.78. The van der Waals surface area contributed by atoms with Crippen LogP contribution < -0.4 is 5.32 Å². The van der Waals surface area contributed by atoms with Crippen LogP contribution in [-0.4, -0.2) is 37.0 Å². The van der Waals surface area contributed by atoms with E-state index in [2.05, 4.69) is 24.1 Å². The molecule has 0 spiro atoms. The summed E-state index contributed by atoms with van der Waals surface area (Å²) < 4.78 is 0. The van der Waals surface area contributed by atoms with Crippen LogP contribution in [-0.2, 0) is 4.79 Å². The van der Waals surface area contributed by atoms with Crippen LogP contribution in [0.5, 0.6) is 0 Å². The molecule has 0 saturated carbocycles. The molecule has 0 radical (unpaired) electrons. The van der Waals surface area contributed by atoms with Crippen LogP contribution in [0.2, 0.25) is 0 Å². The lowest BCUT2D eigenvalue weighted by molar-refractivity contribution is -0.125. The van der Waals surface area contributed by atoms with Crippen LogP contribution >= 0.6 is 0 Å². The molecule has 0 bridgehead atoms. The number of rotatable bonds is 2. The Hall–Kier alpha value is -0.570. The zero-order chi connectivity index (χ0) is 9.14. The molecule has 70 valence electrons. The second kappa shape index (κ2) is 3.90. The van der Waals surface area contributed by atoms with Crippen molar-refractivity contribution in [3.63, 3.8) is 0 Å². The summed E-state index contributed by atoms with van der Waals surface area (Å²) in [6.07, 6.45) is 1.17. The number of nitrogens with one attached hydrogen (secondary N) is 1. The normalized spacial score (nSPS) is 28.2. The molecular formula is C9H18N2O. The number of carbonyl (C=O) groups excluding carboxylic acids is 1. The fourth-order valence-corrected chi connectivity index (χ4v) is 1.68. The molecule has 0 aromatic rings. The maximum atomic E-state index is 11.0. The van der Waals surface area contributed by atoms with Gasteiger partial charge in [0.15, 0.2) is 0 Å². The van der Waals surface area contributed by atoms with E-state index in [1.54, 1.807) is 0 Å². The van der Waals surface area contributed by atoms with E-state index in [0.29, 0.717) is 18.5 Å². The van der Waals surface area contributed by atoms with Gasteiger partial charge >= 0.3 is 0 Å². The summed E-state index contributed by atoms with van der Waals surface area (Å²) in [7, 11) is 2.02. The molecule has 1 amide bonds. The molecule has 1 heterocycles. The van der Waals surface area contributed by atoms with Crippen molar-refractivity contribution in [2.24, 2.45) is 5.92 Å². The predicted octanol–water partition coefficient (Wildman–Crippen LogP) is 0.463. The van der Waals surface area contributed by atoms with E-state index < -0.39 is 0 Å². The van der Waals surface area contributed by atoms with Crippen molar-refractivity contribution in [1.82, 2.24) is 10.2 Å². The number of carbonyl (C=O) groups is 1. The Bertz CT molecular complexity index is 170. The topological polar surface area (TPSA) is 32.3 Å². The molecule has 0 aromatic heterocycles. The maximum Gasteiger partial charge on any atom is 0.234 e. The first-order valence-corrected chi connectivity index (χ1v) is 4.62. The van der Waals surface area contributed by atoms with Gasteiger partial charge in [0, 0.05) is 12.6 Å². The quantitative estimate of drug-likeness (QED) is 0.653. The van der Waals surface area contributed by atoms with Gasteiger partial charge in [-0.2, -0.15) is 0 Å². The van der Waals surface area contributed by atoms with Gasteiger partial charge < -0.3 is 5.32 Å². The minimum atomic E-state index is 0.150. The second-order valence-electron chi connectivity index (χ2n) is 3.67. The average Bonchev–Trinajstić information content (AvgIpc) is 2.03. The molecule has 2 unspecified atom stereocenters. The molecule has 1 rings (SSSR count). The van der Waals surface area contributed by atoms with E-state index in [1.165, 1.54) is 6.42 Å². The number of nitrogens with zero attached hydrogens (tertiary/aromatic N) is 1. The third-order valence-corrected chi connectivity index (χ3v) is 2.77. The average molecular weight is 170 g/mol. The van der Waals surface area contributed by atoms with Crippen LogP contribution in [0.3, 0.4) is 0 Å². The van der Waals surface area contributed by atoms with Crippen LogP contribution in [0, 0.1) is 5.92 Å². The van der Waals surface area contributed by atoms with Crippen molar-refractivity contribution in [3.8, 4) is 0 Å². The predicted molar refractivity (Wildman–Crippen MR) is 48.9 cm³/mol. The highest BCUT2D eigenvalue weighted by Gasteiger charge is 2.26. The third kappa shape index (κ3) is 1.97. The molecule has 0 aliphatic carbocycles.